The summed E-state index contributed by atoms with van der Waals surface area (Å²) in [6, 6.07) is 15.2. The van der Waals surface area contributed by atoms with Crippen LogP contribution >= 0.6 is 0 Å². The molecule has 2 fully saturated rings. The average Bonchev–Trinajstić information content (AvgIpc) is 3.59. The van der Waals surface area contributed by atoms with Gasteiger partial charge in [0.25, 0.3) is 0 Å². The lowest BCUT2D eigenvalue weighted by atomic mass is 9.85. The van der Waals surface area contributed by atoms with Gasteiger partial charge in [-0.1, -0.05) is 42.8 Å². The molecular formula is C33H31F3N2O4. The molecule has 6 rings (SSSR count). The molecule has 0 spiro atoms. The molecule has 9 heteroatoms. The Hall–Kier alpha value is -4.14. The number of benzene rings is 3. The van der Waals surface area contributed by atoms with E-state index < -0.39 is 29.7 Å². The van der Waals surface area contributed by atoms with Crippen molar-refractivity contribution in [1.82, 2.24) is 4.90 Å². The van der Waals surface area contributed by atoms with Crippen LogP contribution in [0.4, 0.5) is 13.2 Å². The minimum atomic E-state index is -4.46. The van der Waals surface area contributed by atoms with E-state index in [0.29, 0.717) is 47.9 Å². The van der Waals surface area contributed by atoms with Crippen molar-refractivity contribution >= 4 is 17.8 Å². The van der Waals surface area contributed by atoms with E-state index in [2.05, 4.69) is 0 Å². The Morgan fingerprint density at radius 3 is 2.38 bits per heavy atom. The summed E-state index contributed by atoms with van der Waals surface area (Å²) < 4.78 is 44.7. The van der Waals surface area contributed by atoms with Crippen molar-refractivity contribution < 1.29 is 32.3 Å². The van der Waals surface area contributed by atoms with Crippen molar-refractivity contribution in [2.75, 3.05) is 6.54 Å². The van der Waals surface area contributed by atoms with Gasteiger partial charge in [-0.25, -0.2) is 4.79 Å². The molecular weight excluding hydrogens is 545 g/mol. The molecule has 0 radical (unpaired) electrons. The average molecular weight is 577 g/mol. The molecule has 4 unspecified atom stereocenters. The molecule has 3 aromatic rings. The maximum Gasteiger partial charge on any atom is 0.416 e. The summed E-state index contributed by atoms with van der Waals surface area (Å²) in [4.78, 5) is 40.7. The highest BCUT2D eigenvalue weighted by atomic mass is 19.4. The molecule has 0 saturated heterocycles. The van der Waals surface area contributed by atoms with Gasteiger partial charge in [0.1, 0.15) is 11.8 Å². The zero-order valence-electron chi connectivity index (χ0n) is 22.9. The van der Waals surface area contributed by atoms with Crippen LogP contribution in [0.2, 0.25) is 0 Å². The topological polar surface area (TPSA) is 89.7 Å². The van der Waals surface area contributed by atoms with Gasteiger partial charge in [-0.2, -0.15) is 13.2 Å². The highest BCUT2D eigenvalue weighted by molar-refractivity contribution is 5.98. The first kappa shape index (κ1) is 28.0. The highest BCUT2D eigenvalue weighted by Gasteiger charge is 2.42. The van der Waals surface area contributed by atoms with Gasteiger partial charge in [-0.15, -0.1) is 0 Å². The Balaban J connectivity index is 1.19. The predicted octanol–water partition coefficient (Wildman–Crippen LogP) is 6.33. The first-order valence-electron chi connectivity index (χ1n) is 14.3. The number of hydrogen-bond acceptors (Lipinski definition) is 4. The Bertz CT molecular complexity index is 1530. The molecule has 42 heavy (non-hydrogen) atoms. The summed E-state index contributed by atoms with van der Waals surface area (Å²) in [6.07, 6.45) is 1.18. The third-order valence-corrected chi connectivity index (χ3v) is 9.13. The number of ether oxygens (including phenoxy) is 1. The Kier molecular flexibility index (Phi) is 7.29. The summed E-state index contributed by atoms with van der Waals surface area (Å²) >= 11 is 0. The van der Waals surface area contributed by atoms with Crippen LogP contribution in [0.3, 0.4) is 0 Å². The molecule has 3 aliphatic rings. The smallest absolute Gasteiger partial charge is 0.416 e. The van der Waals surface area contributed by atoms with Crippen LogP contribution in [-0.4, -0.2) is 29.2 Å². The molecule has 2 aliphatic carbocycles. The summed E-state index contributed by atoms with van der Waals surface area (Å²) in [5.41, 5.74) is 7.49. The van der Waals surface area contributed by atoms with Gasteiger partial charge in [-0.05, 0) is 96.0 Å². The molecule has 3 aromatic carbocycles. The quantitative estimate of drug-likeness (QED) is 0.274. The number of carbonyl (C=O) groups is 3. The lowest BCUT2D eigenvalue weighted by Crippen LogP contribution is -2.46. The number of rotatable bonds is 6. The maximum absolute atomic E-state index is 13.3. The summed E-state index contributed by atoms with van der Waals surface area (Å²) in [6.45, 7) is 0.342. The van der Waals surface area contributed by atoms with Crippen LogP contribution in [0.15, 0.2) is 66.7 Å². The maximum atomic E-state index is 13.3. The number of esters is 1. The van der Waals surface area contributed by atoms with E-state index in [1.54, 1.807) is 47.4 Å². The number of carbonyl (C=O) groups excluding carboxylic acids is 3. The number of hydrogen-bond donors (Lipinski definition) is 1. The lowest BCUT2D eigenvalue weighted by Gasteiger charge is -2.36. The van der Waals surface area contributed by atoms with Crippen LogP contribution < -0.4 is 10.5 Å². The number of primary amides is 1. The fraction of sp³-hybridized carbons (Fsp3) is 0.364. The van der Waals surface area contributed by atoms with Crippen LogP contribution in [-0.2, 0) is 22.2 Å². The highest BCUT2D eigenvalue weighted by Crippen LogP contribution is 2.50. The monoisotopic (exact) mass is 576 g/mol. The Labute approximate surface area is 241 Å². The molecule has 4 atom stereocenters. The van der Waals surface area contributed by atoms with Crippen molar-refractivity contribution in [3.8, 4) is 16.9 Å². The number of alkyl halides is 3. The van der Waals surface area contributed by atoms with Crippen LogP contribution in [0.1, 0.15) is 65.2 Å². The van der Waals surface area contributed by atoms with Gasteiger partial charge in [0, 0.05) is 13.0 Å². The molecule has 2 N–H and O–H groups in total. The molecule has 218 valence electrons. The Morgan fingerprint density at radius 1 is 0.952 bits per heavy atom. The fourth-order valence-corrected chi connectivity index (χ4v) is 7.12. The van der Waals surface area contributed by atoms with Gasteiger partial charge in [0.2, 0.25) is 11.8 Å². The molecule has 1 aliphatic heterocycles. The van der Waals surface area contributed by atoms with E-state index in [-0.39, 0.29) is 17.2 Å². The zero-order valence-corrected chi connectivity index (χ0v) is 22.9. The molecule has 2 amide bonds. The lowest BCUT2D eigenvalue weighted by molar-refractivity contribution is -0.141. The summed E-state index contributed by atoms with van der Waals surface area (Å²) in [5.74, 6) is 0.638. The number of nitrogens with two attached hydrogens (primary N) is 1. The third-order valence-electron chi connectivity index (χ3n) is 9.13. The van der Waals surface area contributed by atoms with Gasteiger partial charge >= 0.3 is 12.1 Å². The first-order chi connectivity index (χ1) is 20.1. The zero-order chi connectivity index (χ0) is 29.6. The Morgan fingerprint density at radius 2 is 1.71 bits per heavy atom. The third kappa shape index (κ3) is 5.40. The molecule has 1 heterocycles. The number of amides is 2. The van der Waals surface area contributed by atoms with Crippen LogP contribution in [0, 0.1) is 17.8 Å². The van der Waals surface area contributed by atoms with Crippen molar-refractivity contribution in [2.24, 2.45) is 23.5 Å². The fourth-order valence-electron chi connectivity index (χ4n) is 7.12. The largest absolute Gasteiger partial charge is 0.423 e. The van der Waals surface area contributed by atoms with Gasteiger partial charge in [0.05, 0.1) is 11.1 Å². The second-order valence-electron chi connectivity index (χ2n) is 11.7. The van der Waals surface area contributed by atoms with E-state index in [1.165, 1.54) is 31.4 Å². The molecule has 6 nitrogen and oxygen atoms in total. The molecule has 0 aromatic heterocycles. The number of fused-ring (bicyclic) bond motifs is 3. The predicted molar refractivity (Wildman–Crippen MR) is 149 cm³/mol. The molecule has 2 saturated carbocycles. The summed E-state index contributed by atoms with van der Waals surface area (Å²) in [5, 5.41) is 0. The van der Waals surface area contributed by atoms with Crippen LogP contribution in [0.25, 0.3) is 11.1 Å². The van der Waals surface area contributed by atoms with Crippen molar-refractivity contribution in [2.45, 2.75) is 50.7 Å². The van der Waals surface area contributed by atoms with Crippen molar-refractivity contribution in [3.63, 3.8) is 0 Å². The normalized spacial score (nSPS) is 23.0. The van der Waals surface area contributed by atoms with E-state index in [1.807, 2.05) is 0 Å². The summed E-state index contributed by atoms with van der Waals surface area (Å²) in [7, 11) is 0. The number of halogens is 3. The van der Waals surface area contributed by atoms with E-state index in [4.69, 9.17) is 10.5 Å². The minimum absolute atomic E-state index is 0.0441. The SMILES string of the molecule is NC(=O)C1c2ccc(OC(=O)c3ccccc3-c3ccc(C(F)(F)F)cc3)cc2CCN1C(=O)CC1CC2CCC1C2. The first-order valence-corrected chi connectivity index (χ1v) is 14.3. The van der Waals surface area contributed by atoms with E-state index in [0.717, 1.165) is 30.0 Å². The standard InChI is InChI=1S/C33H31F3N2O4/c34-33(35,36)24-9-7-20(8-10-24)26-3-1-2-4-28(26)32(41)42-25-11-12-27-22(17-25)13-14-38(30(27)31(37)40)29(39)18-23-16-19-5-6-21(23)15-19/h1-4,7-12,17,19,21,23,30H,5-6,13-16,18H2,(H2,37,40). The van der Waals surface area contributed by atoms with Crippen molar-refractivity contribution in [1.29, 1.82) is 0 Å². The van der Waals surface area contributed by atoms with Crippen molar-refractivity contribution in [3.05, 3.63) is 89.0 Å². The minimum Gasteiger partial charge on any atom is -0.423 e. The van der Waals surface area contributed by atoms with Gasteiger partial charge in [0.15, 0.2) is 0 Å². The molecule has 2 bridgehead atoms. The van der Waals surface area contributed by atoms with E-state index in [9.17, 15) is 27.6 Å². The second-order valence-corrected chi connectivity index (χ2v) is 11.7. The van der Waals surface area contributed by atoms with Gasteiger partial charge in [-0.3, -0.25) is 9.59 Å². The van der Waals surface area contributed by atoms with Crippen LogP contribution in [0.5, 0.6) is 5.75 Å². The van der Waals surface area contributed by atoms with Gasteiger partial charge < -0.3 is 15.4 Å². The second kappa shape index (κ2) is 10.9. The number of nitrogens with zero attached hydrogens (tertiary/aromatic N) is 1. The van der Waals surface area contributed by atoms with E-state index >= 15 is 0 Å².